The van der Waals surface area contributed by atoms with Gasteiger partial charge in [-0.15, -0.1) is 0 Å². The standard InChI is InChI=1S/C21H25N5O2/c1-15(2)19-12-18(24-28-19)21(27)25-9-5-17(6-10-25)20-23-8-11-26(20)14-16-4-3-7-22-13-16/h3-4,7-8,11-13,15,17H,5-6,9-10,14H2,1-2H3. The van der Waals surface area contributed by atoms with Crippen LogP contribution in [0.3, 0.4) is 0 Å². The topological polar surface area (TPSA) is 77.1 Å². The van der Waals surface area contributed by atoms with E-state index < -0.39 is 0 Å². The van der Waals surface area contributed by atoms with Crippen molar-refractivity contribution in [2.75, 3.05) is 13.1 Å². The number of rotatable bonds is 5. The Morgan fingerprint density at radius 2 is 2.11 bits per heavy atom. The zero-order valence-corrected chi connectivity index (χ0v) is 16.3. The van der Waals surface area contributed by atoms with Gasteiger partial charge in [-0.05, 0) is 24.5 Å². The second kappa shape index (κ2) is 7.96. The predicted molar refractivity (Wildman–Crippen MR) is 104 cm³/mol. The summed E-state index contributed by atoms with van der Waals surface area (Å²) in [6, 6.07) is 5.78. The third-order valence-electron chi connectivity index (χ3n) is 5.29. The fourth-order valence-electron chi connectivity index (χ4n) is 3.67. The van der Waals surface area contributed by atoms with Crippen molar-refractivity contribution in [3.63, 3.8) is 0 Å². The first kappa shape index (κ1) is 18.4. The van der Waals surface area contributed by atoms with Crippen molar-refractivity contribution in [3.8, 4) is 0 Å². The molecule has 0 spiro atoms. The van der Waals surface area contributed by atoms with Gasteiger partial charge in [0.2, 0.25) is 0 Å². The lowest BCUT2D eigenvalue weighted by Crippen LogP contribution is -2.38. The van der Waals surface area contributed by atoms with E-state index in [-0.39, 0.29) is 11.8 Å². The molecule has 0 radical (unpaired) electrons. The minimum atomic E-state index is -0.0483. The molecular formula is C21H25N5O2. The van der Waals surface area contributed by atoms with Crippen LogP contribution in [0.15, 0.2) is 47.5 Å². The van der Waals surface area contributed by atoms with Crippen molar-refractivity contribution < 1.29 is 9.32 Å². The highest BCUT2D eigenvalue weighted by molar-refractivity contribution is 5.92. The quantitative estimate of drug-likeness (QED) is 0.678. The van der Waals surface area contributed by atoms with Crippen LogP contribution < -0.4 is 0 Å². The van der Waals surface area contributed by atoms with E-state index in [9.17, 15) is 4.79 Å². The molecule has 0 bridgehead atoms. The van der Waals surface area contributed by atoms with Crippen LogP contribution in [-0.2, 0) is 6.54 Å². The molecule has 0 atom stereocenters. The summed E-state index contributed by atoms with van der Waals surface area (Å²) < 4.78 is 7.46. The Morgan fingerprint density at radius 1 is 1.29 bits per heavy atom. The normalized spacial score (nSPS) is 15.3. The molecule has 0 unspecified atom stereocenters. The van der Waals surface area contributed by atoms with E-state index in [1.54, 1.807) is 12.3 Å². The molecule has 1 aliphatic rings. The summed E-state index contributed by atoms with van der Waals surface area (Å²) in [4.78, 5) is 23.4. The first-order chi connectivity index (χ1) is 13.6. The number of nitrogens with zero attached hydrogens (tertiary/aromatic N) is 5. The molecule has 3 aromatic rings. The van der Waals surface area contributed by atoms with Crippen LogP contribution in [-0.4, -0.2) is 43.6 Å². The van der Waals surface area contributed by atoms with E-state index >= 15 is 0 Å². The maximum absolute atomic E-state index is 12.7. The van der Waals surface area contributed by atoms with Crippen LogP contribution >= 0.6 is 0 Å². The lowest BCUT2D eigenvalue weighted by Gasteiger charge is -2.31. The highest BCUT2D eigenvalue weighted by Crippen LogP contribution is 2.28. The SMILES string of the molecule is CC(C)c1cc(C(=O)N2CCC(c3nccn3Cc3cccnc3)CC2)no1. The monoisotopic (exact) mass is 379 g/mol. The minimum absolute atomic E-state index is 0.0483. The lowest BCUT2D eigenvalue weighted by molar-refractivity contribution is 0.0700. The third kappa shape index (κ3) is 3.83. The largest absolute Gasteiger partial charge is 0.360 e. The molecule has 0 aromatic carbocycles. The Hall–Kier alpha value is -2.96. The van der Waals surface area contributed by atoms with Crippen molar-refractivity contribution in [1.82, 2.24) is 24.6 Å². The summed E-state index contributed by atoms with van der Waals surface area (Å²) in [7, 11) is 0. The van der Waals surface area contributed by atoms with Crippen molar-refractivity contribution in [3.05, 3.63) is 65.8 Å². The molecule has 1 fully saturated rings. The third-order valence-corrected chi connectivity index (χ3v) is 5.29. The van der Waals surface area contributed by atoms with Gasteiger partial charge in [0.15, 0.2) is 5.69 Å². The molecule has 7 heteroatoms. The van der Waals surface area contributed by atoms with Crippen molar-refractivity contribution in [2.24, 2.45) is 0 Å². The molecule has 0 aliphatic carbocycles. The number of aromatic nitrogens is 4. The Balaban J connectivity index is 1.39. The highest BCUT2D eigenvalue weighted by atomic mass is 16.5. The van der Waals surface area contributed by atoms with E-state index in [2.05, 4.69) is 25.8 Å². The number of carbonyl (C=O) groups is 1. The Labute approximate surface area is 164 Å². The number of pyridine rings is 1. The van der Waals surface area contributed by atoms with Gasteiger partial charge in [-0.25, -0.2) is 4.98 Å². The number of hydrogen-bond donors (Lipinski definition) is 0. The summed E-state index contributed by atoms with van der Waals surface area (Å²) in [5.41, 5.74) is 1.56. The summed E-state index contributed by atoms with van der Waals surface area (Å²) in [6.45, 7) is 6.21. The van der Waals surface area contributed by atoms with Gasteiger partial charge in [-0.1, -0.05) is 25.1 Å². The van der Waals surface area contributed by atoms with Crippen molar-refractivity contribution in [1.29, 1.82) is 0 Å². The zero-order chi connectivity index (χ0) is 19.5. The first-order valence-corrected chi connectivity index (χ1v) is 9.77. The Kier molecular flexibility index (Phi) is 5.23. The fourth-order valence-corrected chi connectivity index (χ4v) is 3.67. The summed E-state index contributed by atoms with van der Waals surface area (Å²) >= 11 is 0. The van der Waals surface area contributed by atoms with Gasteiger partial charge < -0.3 is 14.0 Å². The smallest absolute Gasteiger partial charge is 0.276 e. The van der Waals surface area contributed by atoms with Crippen LogP contribution in [0.5, 0.6) is 0 Å². The van der Waals surface area contributed by atoms with Crippen molar-refractivity contribution in [2.45, 2.75) is 45.1 Å². The summed E-state index contributed by atoms with van der Waals surface area (Å²) in [5, 5.41) is 3.95. The highest BCUT2D eigenvalue weighted by Gasteiger charge is 2.28. The second-order valence-corrected chi connectivity index (χ2v) is 7.61. The molecule has 0 N–H and O–H groups in total. The van der Waals surface area contributed by atoms with Gasteiger partial charge in [0.25, 0.3) is 5.91 Å². The molecule has 4 heterocycles. The van der Waals surface area contributed by atoms with Gasteiger partial charge in [-0.3, -0.25) is 9.78 Å². The molecule has 1 amide bonds. The maximum atomic E-state index is 12.7. The molecule has 28 heavy (non-hydrogen) atoms. The van der Waals surface area contributed by atoms with Gasteiger partial charge in [0, 0.05) is 55.8 Å². The second-order valence-electron chi connectivity index (χ2n) is 7.61. The van der Waals surface area contributed by atoms with Gasteiger partial charge in [-0.2, -0.15) is 0 Å². The molecule has 3 aromatic heterocycles. The summed E-state index contributed by atoms with van der Waals surface area (Å²) in [5.74, 6) is 2.35. The van der Waals surface area contributed by atoms with Crippen LogP contribution in [0.25, 0.3) is 0 Å². The van der Waals surface area contributed by atoms with Crippen LogP contribution in [0.2, 0.25) is 0 Å². The van der Waals surface area contributed by atoms with E-state index in [0.717, 1.165) is 36.5 Å². The Bertz CT molecular complexity index is 923. The lowest BCUT2D eigenvalue weighted by atomic mass is 9.95. The average Bonchev–Trinajstić information content (AvgIpc) is 3.38. The van der Waals surface area contributed by atoms with E-state index in [1.807, 2.05) is 43.4 Å². The van der Waals surface area contributed by atoms with Gasteiger partial charge >= 0.3 is 0 Å². The van der Waals surface area contributed by atoms with E-state index in [4.69, 9.17) is 4.52 Å². The molecule has 146 valence electrons. The molecule has 0 saturated carbocycles. The minimum Gasteiger partial charge on any atom is -0.360 e. The zero-order valence-electron chi connectivity index (χ0n) is 16.3. The van der Waals surface area contributed by atoms with Crippen molar-refractivity contribution >= 4 is 5.91 Å². The molecule has 1 aliphatic heterocycles. The van der Waals surface area contributed by atoms with Crippen LogP contribution in [0, 0.1) is 0 Å². The average molecular weight is 379 g/mol. The van der Waals surface area contributed by atoms with Gasteiger partial charge in [0.05, 0.1) is 6.54 Å². The molecular weight excluding hydrogens is 354 g/mol. The van der Waals surface area contributed by atoms with E-state index in [1.165, 1.54) is 0 Å². The maximum Gasteiger partial charge on any atom is 0.276 e. The van der Waals surface area contributed by atoms with Gasteiger partial charge in [0.1, 0.15) is 11.6 Å². The number of amides is 1. The van der Waals surface area contributed by atoms with Crippen LogP contribution in [0.1, 0.15) is 66.2 Å². The molecule has 7 nitrogen and oxygen atoms in total. The first-order valence-electron chi connectivity index (χ1n) is 9.77. The number of carbonyl (C=O) groups excluding carboxylic acids is 1. The fraction of sp³-hybridized carbons (Fsp3) is 0.429. The number of piperidine rings is 1. The Morgan fingerprint density at radius 3 is 2.79 bits per heavy atom. The van der Waals surface area contributed by atoms with E-state index in [0.29, 0.717) is 24.7 Å². The predicted octanol–water partition coefficient (Wildman–Crippen LogP) is 3.46. The van der Waals surface area contributed by atoms with Crippen LogP contribution in [0.4, 0.5) is 0 Å². The number of imidazole rings is 1. The number of likely N-dealkylation sites (tertiary alicyclic amines) is 1. The summed E-state index contributed by atoms with van der Waals surface area (Å²) in [6.07, 6.45) is 9.32. The molecule has 1 saturated heterocycles. The number of hydrogen-bond acceptors (Lipinski definition) is 5. The molecule has 4 rings (SSSR count).